The number of thioether (sulfide) groups is 1. The first-order valence-corrected chi connectivity index (χ1v) is 10.5. The fourth-order valence-electron chi connectivity index (χ4n) is 4.29. The molecular formula is C20H26N2O3S. The van der Waals surface area contributed by atoms with Crippen LogP contribution in [0.15, 0.2) is 23.1 Å². The Morgan fingerprint density at radius 2 is 2.08 bits per heavy atom. The van der Waals surface area contributed by atoms with Gasteiger partial charge in [0, 0.05) is 24.6 Å². The van der Waals surface area contributed by atoms with Gasteiger partial charge in [-0.2, -0.15) is 0 Å². The maximum atomic E-state index is 12.9. The molecule has 1 aromatic rings. The second-order valence-corrected chi connectivity index (χ2v) is 8.63. The molecule has 0 radical (unpaired) electrons. The van der Waals surface area contributed by atoms with Crippen molar-refractivity contribution in [1.82, 2.24) is 4.90 Å². The first kappa shape index (κ1) is 17.9. The number of likely N-dealkylation sites (tertiary alicyclic amines) is 1. The highest BCUT2D eigenvalue weighted by molar-refractivity contribution is 8.00. The minimum Gasteiger partial charge on any atom is -0.375 e. The molecule has 0 N–H and O–H groups in total. The van der Waals surface area contributed by atoms with E-state index in [0.29, 0.717) is 5.75 Å². The number of fused-ring (bicyclic) bond motifs is 1. The van der Waals surface area contributed by atoms with Crippen LogP contribution < -0.4 is 4.90 Å². The average Bonchev–Trinajstić information content (AvgIpc) is 2.98. The summed E-state index contributed by atoms with van der Waals surface area (Å²) < 4.78 is 6.01. The van der Waals surface area contributed by atoms with Crippen molar-refractivity contribution in [3.8, 4) is 0 Å². The van der Waals surface area contributed by atoms with Gasteiger partial charge in [-0.15, -0.1) is 11.8 Å². The number of nitrogens with zero attached hydrogens (tertiary/aromatic N) is 2. The molecule has 2 fully saturated rings. The number of hydrogen-bond acceptors (Lipinski definition) is 4. The second-order valence-electron chi connectivity index (χ2n) is 7.61. The van der Waals surface area contributed by atoms with Gasteiger partial charge >= 0.3 is 0 Å². The zero-order valence-electron chi connectivity index (χ0n) is 15.3. The second kappa shape index (κ2) is 7.24. The molecule has 3 heterocycles. The molecule has 0 aliphatic carbocycles. The Bertz CT molecular complexity index is 715. The quantitative estimate of drug-likeness (QED) is 0.799. The van der Waals surface area contributed by atoms with Gasteiger partial charge in [-0.25, -0.2) is 0 Å². The lowest BCUT2D eigenvalue weighted by Crippen LogP contribution is -2.45. The molecular weight excluding hydrogens is 348 g/mol. The number of ether oxygens (including phenoxy) is 1. The van der Waals surface area contributed by atoms with E-state index in [2.05, 4.69) is 6.07 Å². The predicted octanol–water partition coefficient (Wildman–Crippen LogP) is 3.00. The predicted molar refractivity (Wildman–Crippen MR) is 103 cm³/mol. The first-order valence-electron chi connectivity index (χ1n) is 9.52. The first-order chi connectivity index (χ1) is 12.6. The molecule has 2 saturated heterocycles. The molecule has 1 atom stereocenters. The lowest BCUT2D eigenvalue weighted by Gasteiger charge is -2.31. The topological polar surface area (TPSA) is 49.9 Å². The van der Waals surface area contributed by atoms with Gasteiger partial charge < -0.3 is 14.5 Å². The number of benzene rings is 1. The number of carbonyl (C=O) groups excluding carboxylic acids is 2. The van der Waals surface area contributed by atoms with Crippen LogP contribution >= 0.6 is 11.8 Å². The Kier molecular flexibility index (Phi) is 4.97. The number of hydrogen-bond donors (Lipinski definition) is 0. The molecule has 3 aliphatic rings. The summed E-state index contributed by atoms with van der Waals surface area (Å²) in [5.41, 5.74) is 2.04. The van der Waals surface area contributed by atoms with E-state index in [4.69, 9.17) is 4.74 Å². The minimum absolute atomic E-state index is 0.00323. The van der Waals surface area contributed by atoms with Crippen molar-refractivity contribution in [3.63, 3.8) is 0 Å². The van der Waals surface area contributed by atoms with Crippen LogP contribution in [0.2, 0.25) is 0 Å². The molecule has 5 nitrogen and oxygen atoms in total. The maximum Gasteiger partial charge on any atom is 0.242 e. The largest absolute Gasteiger partial charge is 0.375 e. The lowest BCUT2D eigenvalue weighted by atomic mass is 9.92. The van der Waals surface area contributed by atoms with Gasteiger partial charge in [0.05, 0.1) is 17.0 Å². The van der Waals surface area contributed by atoms with Gasteiger partial charge in [0.1, 0.15) is 6.54 Å². The van der Waals surface area contributed by atoms with E-state index < -0.39 is 0 Å². The van der Waals surface area contributed by atoms with Gasteiger partial charge in [0.25, 0.3) is 0 Å². The van der Waals surface area contributed by atoms with Crippen LogP contribution in [0.3, 0.4) is 0 Å². The maximum absolute atomic E-state index is 12.9. The van der Waals surface area contributed by atoms with Gasteiger partial charge in [0.2, 0.25) is 11.8 Å². The molecule has 6 heteroatoms. The van der Waals surface area contributed by atoms with Crippen LogP contribution in [0.5, 0.6) is 0 Å². The van der Waals surface area contributed by atoms with E-state index in [9.17, 15) is 9.59 Å². The summed E-state index contributed by atoms with van der Waals surface area (Å²) in [5, 5.41) is 0. The van der Waals surface area contributed by atoms with Gasteiger partial charge in [-0.05, 0) is 56.7 Å². The van der Waals surface area contributed by atoms with Crippen LogP contribution in [0.1, 0.15) is 37.7 Å². The van der Waals surface area contributed by atoms with Gasteiger partial charge in [-0.3, -0.25) is 9.59 Å². The molecule has 0 unspecified atom stereocenters. The Morgan fingerprint density at radius 1 is 1.23 bits per heavy atom. The summed E-state index contributed by atoms with van der Waals surface area (Å²) in [6, 6.07) is 6.06. The molecule has 1 spiro atoms. The van der Waals surface area contributed by atoms with Crippen LogP contribution in [-0.4, -0.2) is 54.3 Å². The molecule has 26 heavy (non-hydrogen) atoms. The molecule has 4 rings (SSSR count). The molecule has 1 aromatic carbocycles. The zero-order valence-corrected chi connectivity index (χ0v) is 16.1. The standard InChI is InChI=1S/C20H26N2O3S/c1-15-4-5-16-17(12-15)26-14-19(24)22(16)13-18(23)21-9-2-6-20(8-10-21)7-3-11-25-20/h4-5,12H,2-3,6-11,13-14H2,1H3/t20-/m0/s1. The summed E-state index contributed by atoms with van der Waals surface area (Å²) in [4.78, 5) is 30.1. The highest BCUT2D eigenvalue weighted by Gasteiger charge is 2.38. The fourth-order valence-corrected chi connectivity index (χ4v) is 5.32. The molecule has 3 aliphatic heterocycles. The van der Waals surface area contributed by atoms with E-state index in [1.54, 1.807) is 16.7 Å². The molecule has 0 aromatic heterocycles. The van der Waals surface area contributed by atoms with Crippen LogP contribution in [0.4, 0.5) is 5.69 Å². The van der Waals surface area contributed by atoms with Crippen molar-refractivity contribution >= 4 is 29.3 Å². The number of rotatable bonds is 2. The SMILES string of the molecule is Cc1ccc2c(c1)SCC(=O)N2CC(=O)N1CCC[C@]2(CCCO2)CC1. The monoisotopic (exact) mass is 374 g/mol. The molecule has 2 amide bonds. The van der Waals surface area contributed by atoms with Crippen LogP contribution in [-0.2, 0) is 14.3 Å². The number of anilines is 1. The Morgan fingerprint density at radius 3 is 2.88 bits per heavy atom. The van der Waals surface area contributed by atoms with Gasteiger partial charge in [-0.1, -0.05) is 6.07 Å². The summed E-state index contributed by atoms with van der Waals surface area (Å²) in [7, 11) is 0. The normalized spacial score (nSPS) is 26.1. The van der Waals surface area contributed by atoms with Crippen molar-refractivity contribution in [1.29, 1.82) is 0 Å². The third-order valence-corrected chi connectivity index (χ3v) is 6.82. The van der Waals surface area contributed by atoms with Crippen LogP contribution in [0, 0.1) is 6.92 Å². The third kappa shape index (κ3) is 3.49. The summed E-state index contributed by atoms with van der Waals surface area (Å²) >= 11 is 1.56. The van der Waals surface area contributed by atoms with E-state index in [1.807, 2.05) is 24.0 Å². The van der Waals surface area contributed by atoms with Crippen molar-refractivity contribution in [2.45, 2.75) is 49.5 Å². The average molecular weight is 375 g/mol. The summed E-state index contributed by atoms with van der Waals surface area (Å²) in [5.74, 6) is 0.470. The minimum atomic E-state index is -0.00323. The fraction of sp³-hybridized carbons (Fsp3) is 0.600. The van der Waals surface area contributed by atoms with E-state index in [1.165, 1.54) is 5.56 Å². The lowest BCUT2D eigenvalue weighted by molar-refractivity contribution is -0.131. The molecule has 140 valence electrons. The zero-order chi connectivity index (χ0) is 18.1. The van der Waals surface area contributed by atoms with Crippen molar-refractivity contribution in [3.05, 3.63) is 23.8 Å². The van der Waals surface area contributed by atoms with Crippen molar-refractivity contribution in [2.24, 2.45) is 0 Å². The summed E-state index contributed by atoms with van der Waals surface area (Å²) in [6.07, 6.45) is 5.18. The van der Waals surface area contributed by atoms with Crippen molar-refractivity contribution < 1.29 is 14.3 Å². The molecule has 0 saturated carbocycles. The van der Waals surface area contributed by atoms with E-state index in [0.717, 1.165) is 62.4 Å². The Balaban J connectivity index is 1.45. The van der Waals surface area contributed by atoms with Gasteiger partial charge in [0.15, 0.2) is 0 Å². The highest BCUT2D eigenvalue weighted by Crippen LogP contribution is 2.37. The Labute approximate surface area is 159 Å². The smallest absolute Gasteiger partial charge is 0.242 e. The van der Waals surface area contributed by atoms with Crippen LogP contribution in [0.25, 0.3) is 0 Å². The highest BCUT2D eigenvalue weighted by atomic mass is 32.2. The molecule has 0 bridgehead atoms. The van der Waals surface area contributed by atoms with E-state index >= 15 is 0 Å². The number of carbonyl (C=O) groups is 2. The summed E-state index contributed by atoms with van der Waals surface area (Å²) in [6.45, 7) is 4.54. The van der Waals surface area contributed by atoms with Crippen molar-refractivity contribution in [2.75, 3.05) is 36.9 Å². The van der Waals surface area contributed by atoms with E-state index in [-0.39, 0.29) is 24.0 Å². The number of amides is 2. The Hall–Kier alpha value is -1.53. The third-order valence-electron chi connectivity index (χ3n) is 5.79. The number of aryl methyl sites for hydroxylation is 1.